The first-order chi connectivity index (χ1) is 15.3. The standard InChI is InChI=1S/C23H28N6O3/c1-14-11-24-20-19(14)21(26-13-25-20)29-9-8-18(15(2)12-29)22(30)27-16-6-5-7-17(10-16)32-23(31)28(3)4/h5-7,10-11,13,15,18H,8-9,12H2,1-4H3,(H,27,30)(H,24,25,26)/t15-,18-/m0/s1. The normalized spacial score (nSPS) is 18.4. The molecule has 3 heterocycles. The van der Waals surface area contributed by atoms with Gasteiger partial charge in [-0.15, -0.1) is 0 Å². The van der Waals surface area contributed by atoms with E-state index in [2.05, 4.69) is 32.1 Å². The number of nitrogens with one attached hydrogen (secondary N) is 2. The molecule has 2 amide bonds. The van der Waals surface area contributed by atoms with Crippen molar-refractivity contribution >= 4 is 34.5 Å². The van der Waals surface area contributed by atoms with Gasteiger partial charge in [-0.25, -0.2) is 14.8 Å². The van der Waals surface area contributed by atoms with E-state index >= 15 is 0 Å². The fourth-order valence-electron chi connectivity index (χ4n) is 4.13. The van der Waals surface area contributed by atoms with Crippen LogP contribution in [0.1, 0.15) is 18.9 Å². The Labute approximate surface area is 186 Å². The van der Waals surface area contributed by atoms with Gasteiger partial charge in [-0.1, -0.05) is 13.0 Å². The third kappa shape index (κ3) is 4.37. The highest BCUT2D eigenvalue weighted by atomic mass is 16.6. The minimum atomic E-state index is -0.467. The Morgan fingerprint density at radius 2 is 2.09 bits per heavy atom. The van der Waals surface area contributed by atoms with E-state index in [0.29, 0.717) is 11.4 Å². The zero-order chi connectivity index (χ0) is 22.8. The van der Waals surface area contributed by atoms with Crippen LogP contribution in [-0.2, 0) is 4.79 Å². The van der Waals surface area contributed by atoms with Crippen molar-refractivity contribution in [3.05, 3.63) is 42.4 Å². The summed E-state index contributed by atoms with van der Waals surface area (Å²) in [6.45, 7) is 5.60. The lowest BCUT2D eigenvalue weighted by molar-refractivity contribution is -0.121. The minimum absolute atomic E-state index is 0.0288. The van der Waals surface area contributed by atoms with Gasteiger partial charge in [-0.2, -0.15) is 0 Å². The Kier molecular flexibility index (Phi) is 5.98. The number of H-pyrrole nitrogens is 1. The second kappa shape index (κ2) is 8.86. The molecule has 0 spiro atoms. The van der Waals surface area contributed by atoms with Gasteiger partial charge in [0.15, 0.2) is 0 Å². The van der Waals surface area contributed by atoms with Crippen LogP contribution in [0.3, 0.4) is 0 Å². The van der Waals surface area contributed by atoms with Gasteiger partial charge in [0.05, 0.1) is 5.39 Å². The zero-order valence-corrected chi connectivity index (χ0v) is 18.8. The second-order valence-corrected chi connectivity index (χ2v) is 8.49. The number of rotatable bonds is 4. The molecule has 0 bridgehead atoms. The van der Waals surface area contributed by atoms with Crippen molar-refractivity contribution in [3.8, 4) is 5.75 Å². The van der Waals surface area contributed by atoms with Crippen molar-refractivity contribution in [1.82, 2.24) is 19.9 Å². The van der Waals surface area contributed by atoms with Gasteiger partial charge in [0.1, 0.15) is 23.5 Å². The lowest BCUT2D eigenvalue weighted by atomic mass is 9.86. The predicted octanol–water partition coefficient (Wildman–Crippen LogP) is 3.43. The molecule has 168 valence electrons. The molecular weight excluding hydrogens is 408 g/mol. The molecule has 32 heavy (non-hydrogen) atoms. The molecule has 2 aromatic heterocycles. The molecule has 1 saturated heterocycles. The van der Waals surface area contributed by atoms with Gasteiger partial charge in [0.25, 0.3) is 0 Å². The Hall–Kier alpha value is -3.62. The van der Waals surface area contributed by atoms with Gasteiger partial charge >= 0.3 is 6.09 Å². The Bertz CT molecular complexity index is 1140. The number of carbonyl (C=O) groups excluding carboxylic acids is 2. The molecule has 1 fully saturated rings. The van der Waals surface area contributed by atoms with Crippen LogP contribution < -0.4 is 15.0 Å². The molecule has 2 atom stereocenters. The first kappa shape index (κ1) is 21.6. The van der Waals surface area contributed by atoms with E-state index in [1.807, 2.05) is 13.1 Å². The van der Waals surface area contributed by atoms with Crippen molar-refractivity contribution in [1.29, 1.82) is 0 Å². The van der Waals surface area contributed by atoms with Crippen molar-refractivity contribution < 1.29 is 14.3 Å². The summed E-state index contributed by atoms with van der Waals surface area (Å²) in [6.07, 6.45) is 3.77. The zero-order valence-electron chi connectivity index (χ0n) is 18.8. The topological polar surface area (TPSA) is 103 Å². The Morgan fingerprint density at radius 3 is 2.84 bits per heavy atom. The summed E-state index contributed by atoms with van der Waals surface area (Å²) in [5, 5.41) is 4.02. The average molecular weight is 437 g/mol. The van der Waals surface area contributed by atoms with Crippen molar-refractivity contribution in [2.45, 2.75) is 20.3 Å². The van der Waals surface area contributed by atoms with Crippen LogP contribution in [0, 0.1) is 18.8 Å². The number of nitrogens with zero attached hydrogens (tertiary/aromatic N) is 4. The first-order valence-corrected chi connectivity index (χ1v) is 10.7. The molecular formula is C23H28N6O3. The van der Waals surface area contributed by atoms with Gasteiger partial charge in [0.2, 0.25) is 5.91 Å². The maximum absolute atomic E-state index is 13.0. The number of fused-ring (bicyclic) bond motifs is 1. The maximum Gasteiger partial charge on any atom is 0.414 e. The molecule has 0 unspecified atom stereocenters. The number of anilines is 2. The molecule has 1 aromatic carbocycles. The molecule has 0 aliphatic carbocycles. The number of aryl methyl sites for hydroxylation is 1. The molecule has 3 aromatic rings. The summed E-state index contributed by atoms with van der Waals surface area (Å²) in [5.41, 5.74) is 2.54. The van der Waals surface area contributed by atoms with E-state index in [4.69, 9.17) is 4.74 Å². The van der Waals surface area contributed by atoms with Crippen molar-refractivity contribution in [2.24, 2.45) is 11.8 Å². The van der Waals surface area contributed by atoms with Crippen LogP contribution in [-0.4, -0.2) is 59.0 Å². The van der Waals surface area contributed by atoms with Crippen molar-refractivity contribution in [2.75, 3.05) is 37.4 Å². The van der Waals surface area contributed by atoms with Crippen LogP contribution >= 0.6 is 0 Å². The number of aromatic nitrogens is 3. The Morgan fingerprint density at radius 1 is 1.28 bits per heavy atom. The van der Waals surface area contributed by atoms with Crippen LogP contribution in [0.5, 0.6) is 5.75 Å². The fourth-order valence-corrected chi connectivity index (χ4v) is 4.13. The second-order valence-electron chi connectivity index (χ2n) is 8.49. The quantitative estimate of drug-likeness (QED) is 0.650. The highest BCUT2D eigenvalue weighted by Crippen LogP contribution is 2.32. The summed E-state index contributed by atoms with van der Waals surface area (Å²) < 4.78 is 5.28. The molecule has 2 N–H and O–H groups in total. The molecule has 9 nitrogen and oxygen atoms in total. The number of amides is 2. The number of hydrogen-bond donors (Lipinski definition) is 2. The fraction of sp³-hybridized carbons (Fsp3) is 0.391. The molecule has 4 rings (SSSR count). The van der Waals surface area contributed by atoms with Gasteiger partial charge in [-0.05, 0) is 37.0 Å². The van der Waals surface area contributed by atoms with Gasteiger partial charge < -0.3 is 24.8 Å². The molecule has 0 radical (unpaired) electrons. The highest BCUT2D eigenvalue weighted by molar-refractivity contribution is 5.94. The van der Waals surface area contributed by atoms with E-state index in [0.717, 1.165) is 41.9 Å². The third-order valence-corrected chi connectivity index (χ3v) is 5.86. The summed E-state index contributed by atoms with van der Waals surface area (Å²) in [4.78, 5) is 40.4. The number of benzene rings is 1. The van der Waals surface area contributed by atoms with Crippen LogP contribution in [0.2, 0.25) is 0 Å². The monoisotopic (exact) mass is 436 g/mol. The van der Waals surface area contributed by atoms with Gasteiger partial charge in [-0.3, -0.25) is 4.79 Å². The lowest BCUT2D eigenvalue weighted by Gasteiger charge is -2.37. The smallest absolute Gasteiger partial charge is 0.410 e. The van der Waals surface area contributed by atoms with Crippen LogP contribution in [0.4, 0.5) is 16.3 Å². The summed E-state index contributed by atoms with van der Waals surface area (Å²) in [7, 11) is 3.23. The largest absolute Gasteiger partial charge is 0.414 e. The van der Waals surface area contributed by atoms with Gasteiger partial charge in [0, 0.05) is 51.1 Å². The van der Waals surface area contributed by atoms with E-state index in [1.54, 1.807) is 44.7 Å². The lowest BCUT2D eigenvalue weighted by Crippen LogP contribution is -2.44. The van der Waals surface area contributed by atoms with E-state index < -0.39 is 6.09 Å². The van der Waals surface area contributed by atoms with E-state index in [9.17, 15) is 9.59 Å². The van der Waals surface area contributed by atoms with E-state index in [-0.39, 0.29) is 17.7 Å². The van der Waals surface area contributed by atoms with Crippen LogP contribution in [0.15, 0.2) is 36.8 Å². The predicted molar refractivity (Wildman–Crippen MR) is 123 cm³/mol. The molecule has 0 saturated carbocycles. The average Bonchev–Trinajstić information content (AvgIpc) is 3.15. The van der Waals surface area contributed by atoms with E-state index in [1.165, 1.54) is 4.90 Å². The first-order valence-electron chi connectivity index (χ1n) is 10.7. The SMILES string of the molecule is Cc1c[nH]c2ncnc(N3CC[C@H](C(=O)Nc4cccc(OC(=O)N(C)C)c4)[C@@H](C)C3)c12. The third-order valence-electron chi connectivity index (χ3n) is 5.86. The summed E-state index contributed by atoms with van der Waals surface area (Å²) in [5.74, 6) is 1.29. The van der Waals surface area contributed by atoms with Crippen molar-refractivity contribution in [3.63, 3.8) is 0 Å². The minimum Gasteiger partial charge on any atom is -0.410 e. The number of ether oxygens (including phenoxy) is 1. The molecule has 9 heteroatoms. The summed E-state index contributed by atoms with van der Waals surface area (Å²) >= 11 is 0. The number of aromatic amines is 1. The number of carbonyl (C=O) groups is 2. The molecule has 1 aliphatic rings. The Balaban J connectivity index is 1.42. The summed E-state index contributed by atoms with van der Waals surface area (Å²) in [6, 6.07) is 6.88. The number of piperidine rings is 1. The highest BCUT2D eigenvalue weighted by Gasteiger charge is 2.32. The maximum atomic E-state index is 13.0. The molecule has 1 aliphatic heterocycles. The van der Waals surface area contributed by atoms with Crippen LogP contribution in [0.25, 0.3) is 11.0 Å². The number of hydrogen-bond acceptors (Lipinski definition) is 6.